The molecular formula is C15H22N2OS. The first-order chi connectivity index (χ1) is 9.29. The lowest BCUT2D eigenvalue weighted by Crippen LogP contribution is -2.31. The van der Waals surface area contributed by atoms with Crippen LogP contribution in [0.5, 0.6) is 0 Å². The van der Waals surface area contributed by atoms with Crippen LogP contribution in [0.3, 0.4) is 0 Å². The number of benzene rings is 1. The van der Waals surface area contributed by atoms with Crippen molar-refractivity contribution in [1.29, 1.82) is 0 Å². The molecule has 1 aromatic carbocycles. The van der Waals surface area contributed by atoms with Crippen molar-refractivity contribution in [3.8, 4) is 0 Å². The summed E-state index contributed by atoms with van der Waals surface area (Å²) in [5.74, 6) is 1.26. The second kappa shape index (κ2) is 7.56. The molecule has 1 aliphatic heterocycles. The number of nitrogens with one attached hydrogen (secondary N) is 1. The van der Waals surface area contributed by atoms with Crippen LogP contribution in [0, 0.1) is 0 Å². The van der Waals surface area contributed by atoms with E-state index in [1.54, 1.807) is 0 Å². The minimum absolute atomic E-state index is 0.0328. The molecule has 1 aliphatic rings. The van der Waals surface area contributed by atoms with Crippen LogP contribution in [-0.2, 0) is 6.42 Å². The molecule has 0 bridgehead atoms. The Kier molecular flexibility index (Phi) is 5.73. The topological polar surface area (TPSA) is 55.1 Å². The number of amides is 1. The number of nitrogens with two attached hydrogens (primary N) is 1. The Morgan fingerprint density at radius 2 is 2.11 bits per heavy atom. The Morgan fingerprint density at radius 1 is 1.32 bits per heavy atom. The third-order valence-corrected chi connectivity index (χ3v) is 4.81. The number of hydrogen-bond acceptors (Lipinski definition) is 3. The molecule has 1 heterocycles. The van der Waals surface area contributed by atoms with E-state index in [1.165, 1.54) is 30.6 Å². The predicted molar refractivity (Wildman–Crippen MR) is 81.6 cm³/mol. The fourth-order valence-corrected chi connectivity index (χ4v) is 3.51. The van der Waals surface area contributed by atoms with Gasteiger partial charge in [-0.15, -0.1) is 0 Å². The van der Waals surface area contributed by atoms with Crippen molar-refractivity contribution in [2.24, 2.45) is 5.73 Å². The quantitative estimate of drug-likeness (QED) is 0.868. The second-order valence-electron chi connectivity index (χ2n) is 4.93. The van der Waals surface area contributed by atoms with Gasteiger partial charge in [0.15, 0.2) is 0 Å². The lowest BCUT2D eigenvalue weighted by molar-refractivity contribution is 0.0953. The number of hydrogen-bond donors (Lipinski definition) is 2. The molecule has 4 heteroatoms. The van der Waals surface area contributed by atoms with Crippen LogP contribution in [0.25, 0.3) is 0 Å². The van der Waals surface area contributed by atoms with Gasteiger partial charge in [-0.3, -0.25) is 4.79 Å². The van der Waals surface area contributed by atoms with E-state index in [-0.39, 0.29) is 5.91 Å². The zero-order valence-corrected chi connectivity index (χ0v) is 12.0. The van der Waals surface area contributed by atoms with Crippen LogP contribution in [0.1, 0.15) is 35.2 Å². The number of carbonyl (C=O) groups is 1. The first-order valence-corrected chi connectivity index (χ1v) is 8.03. The van der Waals surface area contributed by atoms with Crippen LogP contribution in [0.2, 0.25) is 0 Å². The normalized spacial score (nSPS) is 19.1. The summed E-state index contributed by atoms with van der Waals surface area (Å²) in [6, 6.07) is 7.73. The van der Waals surface area contributed by atoms with E-state index in [1.807, 2.05) is 36.0 Å². The molecule has 19 heavy (non-hydrogen) atoms. The Hall–Kier alpha value is -1.00. The fourth-order valence-electron chi connectivity index (χ4n) is 2.27. The molecule has 3 N–H and O–H groups in total. The van der Waals surface area contributed by atoms with Crippen molar-refractivity contribution in [3.05, 3.63) is 35.4 Å². The van der Waals surface area contributed by atoms with Gasteiger partial charge in [-0.25, -0.2) is 0 Å². The molecular weight excluding hydrogens is 256 g/mol. The summed E-state index contributed by atoms with van der Waals surface area (Å²) in [6.07, 6.45) is 4.69. The first-order valence-electron chi connectivity index (χ1n) is 6.98. The van der Waals surface area contributed by atoms with E-state index in [2.05, 4.69) is 5.32 Å². The standard InChI is InChI=1S/C15H22N2OS/c16-9-8-12-4-6-13(7-5-12)15(18)17-11-14-3-1-2-10-19-14/h4-7,14H,1-3,8-11,16H2,(H,17,18). The van der Waals surface area contributed by atoms with Crippen molar-refractivity contribution in [2.75, 3.05) is 18.8 Å². The van der Waals surface area contributed by atoms with E-state index >= 15 is 0 Å². The summed E-state index contributed by atoms with van der Waals surface area (Å²) in [6.45, 7) is 1.43. The number of rotatable bonds is 5. The highest BCUT2D eigenvalue weighted by Gasteiger charge is 2.15. The molecule has 0 aliphatic carbocycles. The summed E-state index contributed by atoms with van der Waals surface area (Å²) in [5.41, 5.74) is 7.43. The summed E-state index contributed by atoms with van der Waals surface area (Å²) >= 11 is 1.98. The van der Waals surface area contributed by atoms with Crippen LogP contribution >= 0.6 is 11.8 Å². The van der Waals surface area contributed by atoms with Gasteiger partial charge in [0, 0.05) is 17.4 Å². The number of carbonyl (C=O) groups excluding carboxylic acids is 1. The van der Waals surface area contributed by atoms with Crippen LogP contribution in [0.4, 0.5) is 0 Å². The maximum absolute atomic E-state index is 12.0. The molecule has 1 aromatic rings. The molecule has 1 saturated heterocycles. The molecule has 2 rings (SSSR count). The maximum Gasteiger partial charge on any atom is 0.251 e. The fraction of sp³-hybridized carbons (Fsp3) is 0.533. The molecule has 0 saturated carbocycles. The van der Waals surface area contributed by atoms with Gasteiger partial charge in [0.05, 0.1) is 0 Å². The van der Waals surface area contributed by atoms with E-state index in [0.29, 0.717) is 11.8 Å². The minimum atomic E-state index is 0.0328. The lowest BCUT2D eigenvalue weighted by atomic mass is 10.1. The first kappa shape index (κ1) is 14.4. The lowest BCUT2D eigenvalue weighted by Gasteiger charge is -2.21. The second-order valence-corrected chi connectivity index (χ2v) is 6.34. The predicted octanol–water partition coefficient (Wildman–Crippen LogP) is 2.20. The summed E-state index contributed by atoms with van der Waals surface area (Å²) in [5, 5.41) is 3.63. The van der Waals surface area contributed by atoms with E-state index in [9.17, 15) is 4.79 Å². The van der Waals surface area contributed by atoms with Gasteiger partial charge in [-0.2, -0.15) is 11.8 Å². The monoisotopic (exact) mass is 278 g/mol. The van der Waals surface area contributed by atoms with Gasteiger partial charge in [-0.1, -0.05) is 18.6 Å². The molecule has 0 spiro atoms. The zero-order valence-electron chi connectivity index (χ0n) is 11.2. The molecule has 1 unspecified atom stereocenters. The average molecular weight is 278 g/mol. The Labute approximate surface area is 119 Å². The maximum atomic E-state index is 12.0. The zero-order chi connectivity index (χ0) is 13.5. The molecule has 3 nitrogen and oxygen atoms in total. The van der Waals surface area contributed by atoms with Crippen molar-refractivity contribution < 1.29 is 4.79 Å². The van der Waals surface area contributed by atoms with Crippen molar-refractivity contribution in [1.82, 2.24) is 5.32 Å². The smallest absolute Gasteiger partial charge is 0.251 e. The van der Waals surface area contributed by atoms with E-state index in [4.69, 9.17) is 5.73 Å². The van der Waals surface area contributed by atoms with E-state index in [0.717, 1.165) is 18.5 Å². The van der Waals surface area contributed by atoms with Crippen LogP contribution < -0.4 is 11.1 Å². The SMILES string of the molecule is NCCc1ccc(C(=O)NCC2CCCCS2)cc1. The molecule has 1 atom stereocenters. The minimum Gasteiger partial charge on any atom is -0.351 e. The Balaban J connectivity index is 1.81. The Morgan fingerprint density at radius 3 is 2.74 bits per heavy atom. The third-order valence-electron chi connectivity index (χ3n) is 3.41. The molecule has 1 amide bonds. The van der Waals surface area contributed by atoms with Crippen molar-refractivity contribution in [2.45, 2.75) is 30.9 Å². The average Bonchev–Trinajstić information content (AvgIpc) is 2.47. The van der Waals surface area contributed by atoms with E-state index < -0.39 is 0 Å². The largest absolute Gasteiger partial charge is 0.351 e. The highest BCUT2D eigenvalue weighted by Crippen LogP contribution is 2.24. The van der Waals surface area contributed by atoms with Gasteiger partial charge in [0.2, 0.25) is 0 Å². The molecule has 0 radical (unpaired) electrons. The van der Waals surface area contributed by atoms with Gasteiger partial charge in [-0.05, 0) is 49.3 Å². The van der Waals surface area contributed by atoms with Crippen molar-refractivity contribution >= 4 is 17.7 Å². The van der Waals surface area contributed by atoms with Gasteiger partial charge in [0.25, 0.3) is 5.91 Å². The van der Waals surface area contributed by atoms with Crippen molar-refractivity contribution in [3.63, 3.8) is 0 Å². The highest BCUT2D eigenvalue weighted by atomic mass is 32.2. The van der Waals surface area contributed by atoms with Gasteiger partial charge in [0.1, 0.15) is 0 Å². The summed E-state index contributed by atoms with van der Waals surface area (Å²) in [4.78, 5) is 12.0. The van der Waals surface area contributed by atoms with Gasteiger partial charge < -0.3 is 11.1 Å². The molecule has 104 valence electrons. The Bertz CT molecular complexity index is 399. The van der Waals surface area contributed by atoms with Gasteiger partial charge >= 0.3 is 0 Å². The van der Waals surface area contributed by atoms with Crippen LogP contribution in [-0.4, -0.2) is 30.0 Å². The van der Waals surface area contributed by atoms with Crippen LogP contribution in [0.15, 0.2) is 24.3 Å². The summed E-state index contributed by atoms with van der Waals surface area (Å²) < 4.78 is 0. The summed E-state index contributed by atoms with van der Waals surface area (Å²) in [7, 11) is 0. The molecule has 0 aromatic heterocycles. The third kappa shape index (κ3) is 4.55. The number of thioether (sulfide) groups is 1. The highest BCUT2D eigenvalue weighted by molar-refractivity contribution is 7.99. The molecule has 1 fully saturated rings.